The maximum Gasteiger partial charge on any atom is 0.321 e. The van der Waals surface area contributed by atoms with E-state index in [1.807, 2.05) is 18.2 Å². The molecular weight excluding hydrogens is 475 g/mol. The third-order valence-corrected chi connectivity index (χ3v) is 6.05. The Bertz CT molecular complexity index is 864. The van der Waals surface area contributed by atoms with Crippen molar-refractivity contribution >= 4 is 20.9 Å². The SMILES string of the molecule is CCCCCCCCCCCCOC(=O)C(C(=O)c1c(OC)cccc1OC)c1ccccc1.O=P. The van der Waals surface area contributed by atoms with Gasteiger partial charge >= 0.3 is 5.97 Å². The number of ketones is 1. The van der Waals surface area contributed by atoms with E-state index < -0.39 is 17.7 Å². The molecule has 1 atom stereocenters. The van der Waals surface area contributed by atoms with Crippen LogP contribution in [-0.4, -0.2) is 32.6 Å². The van der Waals surface area contributed by atoms with Crippen LogP contribution in [0.5, 0.6) is 11.5 Å². The number of methoxy groups -OCH3 is 2. The fourth-order valence-corrected chi connectivity index (χ4v) is 4.12. The molecule has 2 aromatic carbocycles. The van der Waals surface area contributed by atoms with Crippen molar-refractivity contribution in [3.05, 3.63) is 59.7 Å². The molecule has 0 fully saturated rings. The zero-order valence-electron chi connectivity index (χ0n) is 21.9. The molecule has 0 aromatic heterocycles. The number of hydrogen-bond donors (Lipinski definition) is 0. The Balaban J connectivity index is 0.00000316. The summed E-state index contributed by atoms with van der Waals surface area (Å²) in [4.78, 5) is 26.7. The van der Waals surface area contributed by atoms with Gasteiger partial charge in [0.15, 0.2) is 5.78 Å². The van der Waals surface area contributed by atoms with Gasteiger partial charge < -0.3 is 14.2 Å². The minimum Gasteiger partial charge on any atom is -0.496 e. The van der Waals surface area contributed by atoms with Crippen LogP contribution in [0.15, 0.2) is 48.5 Å². The van der Waals surface area contributed by atoms with Gasteiger partial charge in [-0.15, -0.1) is 0 Å². The molecular formula is C29H41O6P. The Kier molecular flexibility index (Phi) is 16.9. The van der Waals surface area contributed by atoms with Gasteiger partial charge in [0.05, 0.1) is 20.8 Å². The lowest BCUT2D eigenvalue weighted by atomic mass is 9.89. The number of ether oxygens (including phenoxy) is 3. The quantitative estimate of drug-likeness (QED) is 0.0708. The van der Waals surface area contributed by atoms with Gasteiger partial charge in [-0.2, -0.15) is 0 Å². The highest BCUT2D eigenvalue weighted by atomic mass is 31.0. The monoisotopic (exact) mass is 516 g/mol. The van der Waals surface area contributed by atoms with E-state index in [0.29, 0.717) is 23.7 Å². The third kappa shape index (κ3) is 10.5. The Labute approximate surface area is 218 Å². The van der Waals surface area contributed by atoms with Crippen LogP contribution in [0, 0.1) is 0 Å². The number of unbranched alkanes of at least 4 members (excludes halogenated alkanes) is 9. The summed E-state index contributed by atoms with van der Waals surface area (Å²) in [6, 6.07) is 14.1. The number of benzene rings is 2. The van der Waals surface area contributed by atoms with Crippen molar-refractivity contribution in [1.29, 1.82) is 0 Å². The summed E-state index contributed by atoms with van der Waals surface area (Å²) in [5, 5.41) is 0. The second-order valence-electron chi connectivity index (χ2n) is 8.59. The lowest BCUT2D eigenvalue weighted by molar-refractivity contribution is -0.144. The standard InChI is InChI=1S/C29H40O5.HOP/c1-4-5-6-7-8-9-10-11-12-16-22-34-29(31)26(23-18-14-13-15-19-23)28(30)27-24(32-2)20-17-21-25(27)33-3;1-2/h13-15,17-21,26H,4-12,16,22H2,1-3H3;2H. The lowest BCUT2D eigenvalue weighted by Gasteiger charge is -2.19. The molecule has 2 aromatic rings. The largest absolute Gasteiger partial charge is 0.496 e. The van der Waals surface area contributed by atoms with Crippen molar-refractivity contribution < 1.29 is 28.4 Å². The van der Waals surface area contributed by atoms with E-state index >= 15 is 0 Å². The van der Waals surface area contributed by atoms with Crippen LogP contribution >= 0.6 is 9.12 Å². The summed E-state index contributed by atoms with van der Waals surface area (Å²) >= 11 is 0. The summed E-state index contributed by atoms with van der Waals surface area (Å²) in [7, 11) is 4.71. The third-order valence-electron chi connectivity index (χ3n) is 6.05. The van der Waals surface area contributed by atoms with Crippen molar-refractivity contribution in [1.82, 2.24) is 0 Å². The summed E-state index contributed by atoms with van der Waals surface area (Å²) < 4.78 is 24.4. The summed E-state index contributed by atoms with van der Waals surface area (Å²) in [6.07, 6.45) is 12.1. The Morgan fingerprint density at radius 2 is 1.22 bits per heavy atom. The summed E-state index contributed by atoms with van der Waals surface area (Å²) in [5.74, 6) is -1.27. The van der Waals surface area contributed by atoms with E-state index in [9.17, 15) is 9.59 Å². The summed E-state index contributed by atoms with van der Waals surface area (Å²) in [6.45, 7) is 2.55. The number of hydrogen-bond acceptors (Lipinski definition) is 6. The molecule has 0 aliphatic carbocycles. The highest BCUT2D eigenvalue weighted by Gasteiger charge is 2.34. The number of esters is 1. The smallest absolute Gasteiger partial charge is 0.321 e. The van der Waals surface area contributed by atoms with Crippen LogP contribution < -0.4 is 9.47 Å². The zero-order valence-corrected chi connectivity index (χ0v) is 22.9. The van der Waals surface area contributed by atoms with E-state index in [0.717, 1.165) is 19.3 Å². The second-order valence-corrected chi connectivity index (χ2v) is 8.59. The van der Waals surface area contributed by atoms with Crippen LogP contribution in [0.25, 0.3) is 0 Å². The topological polar surface area (TPSA) is 78.9 Å². The molecule has 0 heterocycles. The molecule has 36 heavy (non-hydrogen) atoms. The van der Waals surface area contributed by atoms with Gasteiger partial charge in [-0.05, 0) is 24.1 Å². The fourth-order valence-electron chi connectivity index (χ4n) is 4.12. The van der Waals surface area contributed by atoms with Crippen molar-refractivity contribution in [3.8, 4) is 11.5 Å². The maximum absolute atomic E-state index is 13.6. The van der Waals surface area contributed by atoms with E-state index in [2.05, 4.69) is 6.92 Å². The van der Waals surface area contributed by atoms with Gasteiger partial charge in [-0.25, -0.2) is 0 Å². The molecule has 0 spiro atoms. The average Bonchev–Trinajstić information content (AvgIpc) is 2.93. The molecule has 0 N–H and O–H groups in total. The first-order valence-corrected chi connectivity index (χ1v) is 13.2. The van der Waals surface area contributed by atoms with E-state index in [-0.39, 0.29) is 5.56 Å². The highest BCUT2D eigenvalue weighted by molar-refractivity contribution is 7.00. The Morgan fingerprint density at radius 3 is 1.72 bits per heavy atom. The molecule has 6 nitrogen and oxygen atoms in total. The highest BCUT2D eigenvalue weighted by Crippen LogP contribution is 2.34. The van der Waals surface area contributed by atoms with Gasteiger partial charge in [0.1, 0.15) is 32.1 Å². The van der Waals surface area contributed by atoms with Gasteiger partial charge in [-0.1, -0.05) is 101 Å². The van der Waals surface area contributed by atoms with Crippen LogP contribution in [0.4, 0.5) is 0 Å². The fraction of sp³-hybridized carbons (Fsp3) is 0.517. The molecule has 198 valence electrons. The number of carbonyl (C=O) groups is 2. The molecule has 0 saturated heterocycles. The van der Waals surface area contributed by atoms with Crippen LogP contribution in [0.2, 0.25) is 0 Å². The molecule has 0 saturated carbocycles. The van der Waals surface area contributed by atoms with E-state index in [1.165, 1.54) is 59.2 Å². The maximum atomic E-state index is 13.6. The normalized spacial score (nSPS) is 11.1. The van der Waals surface area contributed by atoms with Crippen LogP contribution in [0.1, 0.15) is 93.0 Å². The number of Topliss-reactive ketones (excluding diaryl/α,β-unsaturated/α-hetero) is 1. The predicted octanol–water partition coefficient (Wildman–Crippen LogP) is 7.61. The van der Waals surface area contributed by atoms with Crippen molar-refractivity contribution in [3.63, 3.8) is 0 Å². The molecule has 7 heteroatoms. The molecule has 0 radical (unpaired) electrons. The van der Waals surface area contributed by atoms with E-state index in [4.69, 9.17) is 18.8 Å². The first-order chi connectivity index (χ1) is 17.6. The first-order valence-electron chi connectivity index (χ1n) is 12.8. The second kappa shape index (κ2) is 19.5. The predicted molar refractivity (Wildman–Crippen MR) is 145 cm³/mol. The summed E-state index contributed by atoms with van der Waals surface area (Å²) in [5.41, 5.74) is 0.839. The number of rotatable bonds is 17. The van der Waals surface area contributed by atoms with Crippen molar-refractivity contribution in [2.75, 3.05) is 20.8 Å². The molecule has 1 unspecified atom stereocenters. The van der Waals surface area contributed by atoms with Crippen LogP contribution in [0.3, 0.4) is 0 Å². The van der Waals surface area contributed by atoms with Gasteiger partial charge in [0, 0.05) is 0 Å². The number of carbonyl (C=O) groups excluding carboxylic acids is 2. The molecule has 0 aliphatic rings. The lowest BCUT2D eigenvalue weighted by Crippen LogP contribution is -2.25. The van der Waals surface area contributed by atoms with Crippen LogP contribution in [-0.2, 0) is 14.1 Å². The molecule has 0 bridgehead atoms. The molecule has 2 rings (SSSR count). The first kappa shape index (κ1) is 31.3. The minimum absolute atomic E-state index is 0.247. The van der Waals surface area contributed by atoms with Gasteiger partial charge in [0.2, 0.25) is 0 Å². The van der Waals surface area contributed by atoms with Gasteiger partial charge in [0.25, 0.3) is 0 Å². The van der Waals surface area contributed by atoms with Crippen molar-refractivity contribution in [2.24, 2.45) is 0 Å². The molecule has 0 aliphatic heterocycles. The Morgan fingerprint density at radius 1 is 0.722 bits per heavy atom. The van der Waals surface area contributed by atoms with Gasteiger partial charge in [-0.3, -0.25) is 14.2 Å². The zero-order chi connectivity index (χ0) is 26.6. The Hall–Kier alpha value is -2.72. The van der Waals surface area contributed by atoms with E-state index in [1.54, 1.807) is 39.5 Å². The minimum atomic E-state index is -1.07. The average molecular weight is 517 g/mol. The van der Waals surface area contributed by atoms with Crippen molar-refractivity contribution in [2.45, 2.75) is 77.0 Å². The molecule has 0 amide bonds.